The van der Waals surface area contributed by atoms with Crippen LogP contribution in [0.2, 0.25) is 0 Å². The smallest absolute Gasteiger partial charge is 0.209 e. The van der Waals surface area contributed by atoms with Gasteiger partial charge in [-0.3, -0.25) is 4.57 Å². The van der Waals surface area contributed by atoms with Gasteiger partial charge in [-0.1, -0.05) is 30.3 Å². The molecule has 0 unspecified atom stereocenters. The number of hydrogen-bond donors (Lipinski definition) is 1. The van der Waals surface area contributed by atoms with E-state index in [1.165, 1.54) is 6.07 Å². The molecular weight excluding hydrogens is 353 g/mol. The summed E-state index contributed by atoms with van der Waals surface area (Å²) in [5, 5.41) is 3.41. The summed E-state index contributed by atoms with van der Waals surface area (Å²) < 4.78 is 22.0. The van der Waals surface area contributed by atoms with E-state index in [4.69, 9.17) is 9.72 Å². The molecule has 5 rings (SSSR count). The molecule has 1 aromatic heterocycles. The first-order valence-electron chi connectivity index (χ1n) is 9.09. The number of para-hydroxylation sites is 2. The Morgan fingerprint density at radius 2 is 1.71 bits per heavy atom. The molecule has 2 heterocycles. The maximum Gasteiger partial charge on any atom is 0.209 e. The number of anilines is 1. The molecule has 1 aliphatic rings. The normalized spacial score (nSPS) is 15.6. The lowest BCUT2D eigenvalue weighted by Gasteiger charge is -2.27. The summed E-state index contributed by atoms with van der Waals surface area (Å²) in [5.74, 6) is 1.25. The Morgan fingerprint density at radius 3 is 2.50 bits per heavy atom. The summed E-state index contributed by atoms with van der Waals surface area (Å²) in [6.07, 6.45) is 2.04. The van der Waals surface area contributed by atoms with Gasteiger partial charge in [0.15, 0.2) is 0 Å². The van der Waals surface area contributed by atoms with Gasteiger partial charge >= 0.3 is 0 Å². The molecule has 0 spiro atoms. The highest BCUT2D eigenvalue weighted by atomic mass is 19.1. The molecule has 138 valence electrons. The van der Waals surface area contributed by atoms with Gasteiger partial charge in [-0.15, -0.1) is 0 Å². The number of fused-ring (bicyclic) bond motifs is 3. The van der Waals surface area contributed by atoms with Crippen LogP contribution in [0.1, 0.15) is 17.2 Å². The Hall–Kier alpha value is -3.60. The minimum Gasteiger partial charge on any atom is -0.497 e. The number of ether oxygens (including phenoxy) is 1. The van der Waals surface area contributed by atoms with Crippen LogP contribution in [0.25, 0.3) is 16.7 Å². The summed E-state index contributed by atoms with van der Waals surface area (Å²) >= 11 is 0. The van der Waals surface area contributed by atoms with Gasteiger partial charge in [0.05, 0.1) is 24.2 Å². The molecule has 3 aromatic carbocycles. The van der Waals surface area contributed by atoms with Gasteiger partial charge in [-0.2, -0.15) is 0 Å². The number of benzene rings is 3. The van der Waals surface area contributed by atoms with E-state index in [0.29, 0.717) is 11.5 Å². The Balaban J connectivity index is 1.70. The number of nitrogens with zero attached hydrogens (tertiary/aromatic N) is 2. The van der Waals surface area contributed by atoms with Crippen LogP contribution in [0, 0.1) is 5.82 Å². The molecule has 0 radical (unpaired) electrons. The average molecular weight is 371 g/mol. The molecule has 0 fully saturated rings. The molecule has 0 amide bonds. The predicted octanol–water partition coefficient (Wildman–Crippen LogP) is 5.24. The van der Waals surface area contributed by atoms with Crippen LogP contribution >= 0.6 is 0 Å². The van der Waals surface area contributed by atoms with Crippen LogP contribution in [0.15, 0.2) is 78.9 Å². The third-order valence-electron chi connectivity index (χ3n) is 5.07. The summed E-state index contributed by atoms with van der Waals surface area (Å²) in [5.41, 5.74) is 4.32. The number of hydrogen-bond acceptors (Lipinski definition) is 3. The highest BCUT2D eigenvalue weighted by Gasteiger charge is 2.26. The van der Waals surface area contributed by atoms with Crippen molar-refractivity contribution in [3.8, 4) is 5.75 Å². The van der Waals surface area contributed by atoms with Crippen molar-refractivity contribution < 1.29 is 9.13 Å². The largest absolute Gasteiger partial charge is 0.497 e. The van der Waals surface area contributed by atoms with E-state index in [9.17, 15) is 4.39 Å². The molecule has 0 aliphatic carbocycles. The number of halogens is 1. The van der Waals surface area contributed by atoms with E-state index < -0.39 is 0 Å². The van der Waals surface area contributed by atoms with E-state index in [1.807, 2.05) is 71.3 Å². The lowest BCUT2D eigenvalue weighted by atomic mass is 10.0. The summed E-state index contributed by atoms with van der Waals surface area (Å²) in [6.45, 7) is 0. The Labute approximate surface area is 161 Å². The number of allylic oxidation sites excluding steroid dienone is 1. The number of rotatable bonds is 3. The van der Waals surface area contributed by atoms with Crippen molar-refractivity contribution in [1.82, 2.24) is 9.55 Å². The van der Waals surface area contributed by atoms with Crippen molar-refractivity contribution in [2.75, 3.05) is 12.4 Å². The fourth-order valence-electron chi connectivity index (χ4n) is 3.69. The second-order valence-electron chi connectivity index (χ2n) is 6.69. The molecule has 1 N–H and O–H groups in total. The minimum atomic E-state index is -0.304. The van der Waals surface area contributed by atoms with Gasteiger partial charge in [0.2, 0.25) is 5.95 Å². The van der Waals surface area contributed by atoms with Gasteiger partial charge < -0.3 is 10.1 Å². The molecule has 0 bridgehead atoms. The van der Waals surface area contributed by atoms with Crippen LogP contribution in [-0.4, -0.2) is 16.7 Å². The second-order valence-corrected chi connectivity index (χ2v) is 6.69. The zero-order valence-corrected chi connectivity index (χ0v) is 15.3. The minimum absolute atomic E-state index is 0.233. The second kappa shape index (κ2) is 6.53. The van der Waals surface area contributed by atoms with Crippen LogP contribution < -0.4 is 10.1 Å². The van der Waals surface area contributed by atoms with E-state index in [-0.39, 0.29) is 11.9 Å². The van der Waals surface area contributed by atoms with Crippen molar-refractivity contribution in [3.63, 3.8) is 0 Å². The van der Waals surface area contributed by atoms with Crippen molar-refractivity contribution in [1.29, 1.82) is 0 Å². The highest BCUT2D eigenvalue weighted by molar-refractivity contribution is 5.85. The lowest BCUT2D eigenvalue weighted by molar-refractivity contribution is 0.415. The number of nitrogens with one attached hydrogen (secondary N) is 1. The molecular formula is C23H18FN3O. The van der Waals surface area contributed by atoms with E-state index in [2.05, 4.69) is 5.32 Å². The van der Waals surface area contributed by atoms with Gasteiger partial charge in [0.1, 0.15) is 11.6 Å². The van der Waals surface area contributed by atoms with E-state index in [0.717, 1.165) is 28.0 Å². The molecule has 4 nitrogen and oxygen atoms in total. The fraction of sp³-hybridized carbons (Fsp3) is 0.0870. The Kier molecular flexibility index (Phi) is 3.86. The Morgan fingerprint density at radius 1 is 0.964 bits per heavy atom. The SMILES string of the molecule is COc1ccc(C2=C[C@H](c3ccccc3F)n3c(nc4ccccc43)N2)cc1. The van der Waals surface area contributed by atoms with Gasteiger partial charge in [0.25, 0.3) is 0 Å². The average Bonchev–Trinajstić information content (AvgIpc) is 3.12. The topological polar surface area (TPSA) is 39.1 Å². The molecule has 0 saturated carbocycles. The van der Waals surface area contributed by atoms with Gasteiger partial charge in [0, 0.05) is 11.3 Å². The maximum absolute atomic E-state index is 14.7. The van der Waals surface area contributed by atoms with E-state index >= 15 is 0 Å². The first-order chi connectivity index (χ1) is 13.7. The fourth-order valence-corrected chi connectivity index (χ4v) is 3.69. The molecule has 1 aliphatic heterocycles. The first kappa shape index (κ1) is 16.6. The summed E-state index contributed by atoms with van der Waals surface area (Å²) in [7, 11) is 1.64. The summed E-state index contributed by atoms with van der Waals surface area (Å²) in [6, 6.07) is 22.3. The molecule has 0 saturated heterocycles. The number of aromatic nitrogens is 2. The lowest BCUT2D eigenvalue weighted by Crippen LogP contribution is -2.20. The predicted molar refractivity (Wildman–Crippen MR) is 109 cm³/mol. The zero-order valence-electron chi connectivity index (χ0n) is 15.3. The van der Waals surface area contributed by atoms with Crippen LogP contribution in [0.3, 0.4) is 0 Å². The molecule has 4 aromatic rings. The molecule has 28 heavy (non-hydrogen) atoms. The Bertz CT molecular complexity index is 1190. The summed E-state index contributed by atoms with van der Waals surface area (Å²) in [4.78, 5) is 4.73. The van der Waals surface area contributed by atoms with Crippen LogP contribution in [-0.2, 0) is 0 Å². The van der Waals surface area contributed by atoms with Crippen molar-refractivity contribution >= 4 is 22.7 Å². The third kappa shape index (κ3) is 2.63. The van der Waals surface area contributed by atoms with Crippen LogP contribution in [0.5, 0.6) is 5.75 Å². The monoisotopic (exact) mass is 371 g/mol. The maximum atomic E-state index is 14.7. The number of imidazole rings is 1. The third-order valence-corrected chi connectivity index (χ3v) is 5.07. The standard InChI is InChI=1S/C23H18FN3O/c1-28-16-12-10-15(11-13-16)20-14-22(17-6-2-3-7-18(17)24)27-21-9-5-4-8-19(21)25-23(27)26-20/h2-14,22H,1H3,(H,25,26)/t22-/m1/s1. The molecule has 5 heteroatoms. The molecule has 1 atom stereocenters. The first-order valence-corrected chi connectivity index (χ1v) is 9.09. The highest BCUT2D eigenvalue weighted by Crippen LogP contribution is 2.37. The van der Waals surface area contributed by atoms with Crippen molar-refractivity contribution in [2.45, 2.75) is 6.04 Å². The van der Waals surface area contributed by atoms with Crippen LogP contribution in [0.4, 0.5) is 10.3 Å². The van der Waals surface area contributed by atoms with Gasteiger partial charge in [-0.05, 0) is 54.1 Å². The van der Waals surface area contributed by atoms with Crippen molar-refractivity contribution in [2.24, 2.45) is 0 Å². The van der Waals surface area contributed by atoms with Crippen molar-refractivity contribution in [3.05, 3.63) is 95.8 Å². The van der Waals surface area contributed by atoms with Gasteiger partial charge in [-0.25, -0.2) is 9.37 Å². The zero-order chi connectivity index (χ0) is 19.1. The van der Waals surface area contributed by atoms with E-state index in [1.54, 1.807) is 13.2 Å². The quantitative estimate of drug-likeness (QED) is 0.535. The number of methoxy groups -OCH3 is 1.